The topological polar surface area (TPSA) is 59.8 Å². The van der Waals surface area contributed by atoms with Gasteiger partial charge in [0.15, 0.2) is 0 Å². The van der Waals surface area contributed by atoms with Gasteiger partial charge in [-0.2, -0.15) is 0 Å². The van der Waals surface area contributed by atoms with E-state index in [1.165, 1.54) is 6.42 Å². The normalized spacial score (nSPS) is 28.2. The number of carbonyl (C=O) groups is 1. The predicted molar refractivity (Wildman–Crippen MR) is 128 cm³/mol. The number of hydrogen-bond acceptors (Lipinski definition) is 3. The van der Waals surface area contributed by atoms with E-state index in [9.17, 15) is 13.6 Å². The second-order valence-corrected chi connectivity index (χ2v) is 11.5. The van der Waals surface area contributed by atoms with Crippen LogP contribution >= 0.6 is 0 Å². The maximum atomic E-state index is 14.7. The van der Waals surface area contributed by atoms with E-state index < -0.39 is 24.2 Å². The van der Waals surface area contributed by atoms with Gasteiger partial charge in [0.2, 0.25) is 11.8 Å². The zero-order valence-corrected chi connectivity index (χ0v) is 20.7. The number of nitrogens with zero attached hydrogens (tertiary/aromatic N) is 3. The SMILES string of the molecule is Cc1ccc(NC(=O)[C@@H]2CC(F)(F)C[C@H]2c2nnc(C3CC(CC(C)C)C3)n2C2CC2)c(C)c1. The molecule has 184 valence electrons. The third-order valence-electron chi connectivity index (χ3n) is 7.90. The molecule has 0 saturated heterocycles. The first-order valence-electron chi connectivity index (χ1n) is 12.8. The van der Waals surface area contributed by atoms with Gasteiger partial charge < -0.3 is 9.88 Å². The van der Waals surface area contributed by atoms with Crippen LogP contribution in [-0.2, 0) is 4.79 Å². The van der Waals surface area contributed by atoms with Gasteiger partial charge in [0.25, 0.3) is 0 Å². The Labute approximate surface area is 200 Å². The lowest BCUT2D eigenvalue weighted by Gasteiger charge is -2.36. The molecule has 1 aromatic heterocycles. The number of amides is 1. The number of carbonyl (C=O) groups excluding carboxylic acids is 1. The summed E-state index contributed by atoms with van der Waals surface area (Å²) in [5.41, 5.74) is 2.70. The van der Waals surface area contributed by atoms with Crippen LogP contribution < -0.4 is 5.32 Å². The third kappa shape index (κ3) is 4.63. The van der Waals surface area contributed by atoms with Crippen molar-refractivity contribution < 1.29 is 13.6 Å². The van der Waals surface area contributed by atoms with Gasteiger partial charge in [0.1, 0.15) is 11.6 Å². The summed E-state index contributed by atoms with van der Waals surface area (Å²) in [6.07, 6.45) is 4.69. The minimum absolute atomic E-state index is 0.293. The van der Waals surface area contributed by atoms with E-state index in [0.717, 1.165) is 42.6 Å². The van der Waals surface area contributed by atoms with Gasteiger partial charge in [0.05, 0.1) is 5.92 Å². The van der Waals surface area contributed by atoms with Crippen molar-refractivity contribution in [2.45, 2.75) is 96.4 Å². The molecule has 1 heterocycles. The van der Waals surface area contributed by atoms with E-state index in [4.69, 9.17) is 0 Å². The van der Waals surface area contributed by atoms with Gasteiger partial charge in [0, 0.05) is 36.4 Å². The Hall–Kier alpha value is -2.31. The Balaban J connectivity index is 1.39. The Morgan fingerprint density at radius 2 is 1.85 bits per heavy atom. The van der Waals surface area contributed by atoms with E-state index in [1.54, 1.807) is 0 Å². The fraction of sp³-hybridized carbons (Fsp3) is 0.667. The van der Waals surface area contributed by atoms with E-state index in [1.807, 2.05) is 32.0 Å². The lowest BCUT2D eigenvalue weighted by atomic mass is 9.71. The maximum Gasteiger partial charge on any atom is 0.249 e. The van der Waals surface area contributed by atoms with Crippen LogP contribution in [0.15, 0.2) is 18.2 Å². The number of aryl methyl sites for hydroxylation is 2. The van der Waals surface area contributed by atoms with E-state index >= 15 is 0 Å². The van der Waals surface area contributed by atoms with Crippen LogP contribution in [-0.4, -0.2) is 26.6 Å². The average Bonchev–Trinajstić information content (AvgIpc) is 3.38. The van der Waals surface area contributed by atoms with Crippen molar-refractivity contribution in [2.24, 2.45) is 17.8 Å². The molecule has 0 spiro atoms. The van der Waals surface area contributed by atoms with Gasteiger partial charge >= 0.3 is 0 Å². The summed E-state index contributed by atoms with van der Waals surface area (Å²) < 4.78 is 31.5. The molecule has 0 radical (unpaired) electrons. The first-order chi connectivity index (χ1) is 16.1. The standard InChI is InChI=1S/C27H36F2N4O/c1-15(2)9-18-11-19(12-18)24-31-32-25(33(24)20-6-7-20)21-13-27(28,29)14-22(21)26(34)30-23-8-5-16(3)10-17(23)4/h5,8,10,15,18-22H,6-7,9,11-14H2,1-4H3,(H,30,34)/t18?,19?,21-,22-/m1/s1. The summed E-state index contributed by atoms with van der Waals surface area (Å²) in [6, 6.07) is 6.04. The first kappa shape index (κ1) is 23.4. The van der Waals surface area contributed by atoms with E-state index in [2.05, 4.69) is 33.9 Å². The van der Waals surface area contributed by atoms with Gasteiger partial charge in [-0.25, -0.2) is 8.78 Å². The summed E-state index contributed by atoms with van der Waals surface area (Å²) in [7, 11) is 0. The summed E-state index contributed by atoms with van der Waals surface area (Å²) >= 11 is 0. The molecule has 1 aromatic carbocycles. The molecule has 3 aliphatic rings. The van der Waals surface area contributed by atoms with Gasteiger partial charge in [-0.3, -0.25) is 4.79 Å². The van der Waals surface area contributed by atoms with Crippen molar-refractivity contribution in [3.63, 3.8) is 0 Å². The maximum absolute atomic E-state index is 14.7. The lowest BCUT2D eigenvalue weighted by Crippen LogP contribution is -2.28. The molecule has 1 N–H and O–H groups in total. The third-order valence-corrected chi connectivity index (χ3v) is 7.90. The second kappa shape index (κ2) is 8.72. The fourth-order valence-corrected chi connectivity index (χ4v) is 6.10. The van der Waals surface area contributed by atoms with Crippen molar-refractivity contribution in [3.8, 4) is 0 Å². The van der Waals surface area contributed by atoms with E-state index in [0.29, 0.717) is 35.3 Å². The molecule has 1 amide bonds. The highest BCUT2D eigenvalue weighted by Gasteiger charge is 2.53. The molecule has 3 aliphatic carbocycles. The van der Waals surface area contributed by atoms with Crippen molar-refractivity contribution in [1.82, 2.24) is 14.8 Å². The summed E-state index contributed by atoms with van der Waals surface area (Å²) in [6.45, 7) is 8.41. The van der Waals surface area contributed by atoms with Crippen LogP contribution in [0.3, 0.4) is 0 Å². The van der Waals surface area contributed by atoms with Crippen LogP contribution in [0.25, 0.3) is 0 Å². The van der Waals surface area contributed by atoms with Crippen LogP contribution in [0.5, 0.6) is 0 Å². The molecular weight excluding hydrogens is 434 g/mol. The molecule has 0 bridgehead atoms. The Morgan fingerprint density at radius 1 is 1.15 bits per heavy atom. The highest BCUT2D eigenvalue weighted by Crippen LogP contribution is 2.52. The highest BCUT2D eigenvalue weighted by atomic mass is 19.3. The average molecular weight is 471 g/mol. The fourth-order valence-electron chi connectivity index (χ4n) is 6.10. The summed E-state index contributed by atoms with van der Waals surface area (Å²) in [4.78, 5) is 13.3. The Bertz CT molecular complexity index is 1070. The van der Waals surface area contributed by atoms with Crippen LogP contribution in [0.1, 0.15) is 99.4 Å². The van der Waals surface area contributed by atoms with Crippen molar-refractivity contribution in [1.29, 1.82) is 0 Å². The molecule has 0 unspecified atom stereocenters. The molecule has 2 atom stereocenters. The molecule has 5 nitrogen and oxygen atoms in total. The molecule has 3 saturated carbocycles. The van der Waals surface area contributed by atoms with Crippen LogP contribution in [0.2, 0.25) is 0 Å². The number of aromatic nitrogens is 3. The van der Waals surface area contributed by atoms with Gasteiger partial charge in [-0.1, -0.05) is 31.5 Å². The van der Waals surface area contributed by atoms with Crippen molar-refractivity contribution >= 4 is 11.6 Å². The van der Waals surface area contributed by atoms with Crippen molar-refractivity contribution in [2.75, 3.05) is 5.32 Å². The number of anilines is 1. The molecule has 34 heavy (non-hydrogen) atoms. The monoisotopic (exact) mass is 470 g/mol. The van der Waals surface area contributed by atoms with Crippen LogP contribution in [0, 0.1) is 31.6 Å². The van der Waals surface area contributed by atoms with Gasteiger partial charge in [-0.15, -0.1) is 10.2 Å². The Kier molecular flexibility index (Phi) is 6.01. The molecule has 5 rings (SSSR count). The largest absolute Gasteiger partial charge is 0.326 e. The zero-order chi connectivity index (χ0) is 24.2. The number of halogens is 2. The summed E-state index contributed by atoms with van der Waals surface area (Å²) in [5, 5.41) is 12.0. The van der Waals surface area contributed by atoms with Crippen molar-refractivity contribution in [3.05, 3.63) is 41.0 Å². The minimum Gasteiger partial charge on any atom is -0.326 e. The smallest absolute Gasteiger partial charge is 0.249 e. The number of benzene rings is 1. The second-order valence-electron chi connectivity index (χ2n) is 11.5. The van der Waals surface area contributed by atoms with E-state index in [-0.39, 0.29) is 12.3 Å². The predicted octanol–water partition coefficient (Wildman–Crippen LogP) is 6.54. The van der Waals surface area contributed by atoms with Crippen LogP contribution in [0.4, 0.5) is 14.5 Å². The molecule has 0 aliphatic heterocycles. The number of rotatable bonds is 7. The molecule has 2 aromatic rings. The number of hydrogen-bond donors (Lipinski definition) is 1. The molecule has 7 heteroatoms. The number of nitrogens with one attached hydrogen (secondary N) is 1. The molecular formula is C27H36F2N4O. The first-order valence-corrected chi connectivity index (χ1v) is 12.8. The minimum atomic E-state index is -2.88. The number of alkyl halides is 2. The highest BCUT2D eigenvalue weighted by molar-refractivity contribution is 5.94. The zero-order valence-electron chi connectivity index (χ0n) is 20.7. The summed E-state index contributed by atoms with van der Waals surface area (Å²) in [5.74, 6) is -1.35. The lowest BCUT2D eigenvalue weighted by molar-refractivity contribution is -0.121. The Morgan fingerprint density at radius 3 is 2.50 bits per heavy atom. The molecule has 3 fully saturated rings. The quantitative estimate of drug-likeness (QED) is 0.500. The van der Waals surface area contributed by atoms with Gasteiger partial charge in [-0.05, 0) is 69.4 Å².